The molecule has 0 aromatic heterocycles. The van der Waals surface area contributed by atoms with Gasteiger partial charge in [-0.2, -0.15) is 0 Å². The molecule has 0 N–H and O–H groups in total. The van der Waals surface area contributed by atoms with E-state index < -0.39 is 0 Å². The van der Waals surface area contributed by atoms with E-state index >= 15 is 0 Å². The summed E-state index contributed by atoms with van der Waals surface area (Å²) in [5.41, 5.74) is 0. The van der Waals surface area contributed by atoms with E-state index in [9.17, 15) is 9.59 Å². The lowest BCUT2D eigenvalue weighted by molar-refractivity contribution is -0.134. The molecule has 0 spiro atoms. The molecule has 6 heteroatoms. The molecule has 0 aliphatic carbocycles. The summed E-state index contributed by atoms with van der Waals surface area (Å²) < 4.78 is 4.97. The molecule has 2 fully saturated rings. The van der Waals surface area contributed by atoms with Crippen LogP contribution in [0.1, 0.15) is 26.2 Å². The third-order valence-electron chi connectivity index (χ3n) is 3.97. The Labute approximate surface area is 120 Å². The lowest BCUT2D eigenvalue weighted by Gasteiger charge is -2.35. The Morgan fingerprint density at radius 2 is 1.50 bits per heavy atom. The minimum absolute atomic E-state index is 0.190. The maximum absolute atomic E-state index is 12.2. The number of hydrogen-bond acceptors (Lipinski definition) is 4. The summed E-state index contributed by atoms with van der Waals surface area (Å²) >= 11 is 0. The zero-order valence-electron chi connectivity index (χ0n) is 12.3. The highest BCUT2D eigenvalue weighted by molar-refractivity contribution is 5.78. The van der Waals surface area contributed by atoms with Gasteiger partial charge >= 0.3 is 6.09 Å². The second-order valence-corrected chi connectivity index (χ2v) is 5.40. The molecule has 0 bridgehead atoms. The normalized spacial score (nSPS) is 20.9. The number of ether oxygens (including phenoxy) is 1. The second kappa shape index (κ2) is 7.47. The summed E-state index contributed by atoms with van der Waals surface area (Å²) in [5.74, 6) is 0.190. The number of piperazine rings is 1. The van der Waals surface area contributed by atoms with Crippen molar-refractivity contribution in [2.24, 2.45) is 0 Å². The smallest absolute Gasteiger partial charge is 0.409 e. The van der Waals surface area contributed by atoms with Gasteiger partial charge in [-0.3, -0.25) is 9.69 Å². The summed E-state index contributed by atoms with van der Waals surface area (Å²) in [5, 5.41) is 0. The van der Waals surface area contributed by atoms with Crippen LogP contribution in [0.4, 0.5) is 4.79 Å². The van der Waals surface area contributed by atoms with Crippen LogP contribution in [0.15, 0.2) is 0 Å². The van der Waals surface area contributed by atoms with Crippen molar-refractivity contribution >= 4 is 12.0 Å². The van der Waals surface area contributed by atoms with Gasteiger partial charge in [0.1, 0.15) is 0 Å². The Balaban J connectivity index is 1.72. The van der Waals surface area contributed by atoms with Crippen molar-refractivity contribution in [3.05, 3.63) is 0 Å². The van der Waals surface area contributed by atoms with Gasteiger partial charge < -0.3 is 14.5 Å². The lowest BCUT2D eigenvalue weighted by Crippen LogP contribution is -2.53. The molecule has 20 heavy (non-hydrogen) atoms. The average molecular weight is 283 g/mol. The zero-order valence-corrected chi connectivity index (χ0v) is 12.3. The van der Waals surface area contributed by atoms with Crippen molar-refractivity contribution in [3.63, 3.8) is 0 Å². The predicted molar refractivity (Wildman–Crippen MR) is 75.5 cm³/mol. The van der Waals surface area contributed by atoms with Gasteiger partial charge in [0.25, 0.3) is 0 Å². The molecule has 2 aliphatic heterocycles. The van der Waals surface area contributed by atoms with Gasteiger partial charge in [0.05, 0.1) is 13.2 Å². The first kappa shape index (κ1) is 15.1. The topological polar surface area (TPSA) is 53.1 Å². The predicted octanol–water partition coefficient (Wildman–Crippen LogP) is 0.773. The van der Waals surface area contributed by atoms with Gasteiger partial charge in [-0.25, -0.2) is 4.79 Å². The third-order valence-corrected chi connectivity index (χ3v) is 3.97. The lowest BCUT2D eigenvalue weighted by atomic mass is 10.1. The molecule has 0 atom stereocenters. The first-order valence-electron chi connectivity index (χ1n) is 7.62. The van der Waals surface area contributed by atoms with Gasteiger partial charge in [-0.15, -0.1) is 0 Å². The number of carbonyl (C=O) groups is 2. The number of rotatable bonds is 3. The molecular formula is C14H25N3O3. The SMILES string of the molecule is CCOC(=O)N1CCN(C(=O)CN2CCCCC2)CC1. The van der Waals surface area contributed by atoms with E-state index in [0.717, 1.165) is 13.1 Å². The van der Waals surface area contributed by atoms with Crippen LogP contribution in [-0.2, 0) is 9.53 Å². The molecular weight excluding hydrogens is 258 g/mol. The standard InChI is InChI=1S/C14H25N3O3/c1-2-20-14(19)17-10-8-16(9-11-17)13(18)12-15-6-4-3-5-7-15/h2-12H2,1H3. The van der Waals surface area contributed by atoms with Crippen molar-refractivity contribution in [1.29, 1.82) is 0 Å². The van der Waals surface area contributed by atoms with E-state index in [0.29, 0.717) is 39.3 Å². The van der Waals surface area contributed by atoms with Gasteiger partial charge in [0, 0.05) is 26.2 Å². The Hall–Kier alpha value is -1.30. The van der Waals surface area contributed by atoms with Crippen LogP contribution in [0, 0.1) is 0 Å². The van der Waals surface area contributed by atoms with Gasteiger partial charge in [-0.05, 0) is 32.9 Å². The third kappa shape index (κ3) is 4.10. The van der Waals surface area contributed by atoms with E-state index in [1.807, 2.05) is 4.90 Å². The fourth-order valence-electron chi connectivity index (χ4n) is 2.76. The molecule has 2 aliphatic rings. The van der Waals surface area contributed by atoms with Gasteiger partial charge in [0.15, 0.2) is 0 Å². The fraction of sp³-hybridized carbons (Fsp3) is 0.857. The number of nitrogens with zero attached hydrogens (tertiary/aromatic N) is 3. The number of likely N-dealkylation sites (tertiary alicyclic amines) is 1. The maximum atomic E-state index is 12.2. The Kier molecular flexibility index (Phi) is 5.64. The van der Waals surface area contributed by atoms with Crippen LogP contribution in [-0.4, -0.2) is 79.1 Å². The fourth-order valence-corrected chi connectivity index (χ4v) is 2.76. The highest BCUT2D eigenvalue weighted by Crippen LogP contribution is 2.10. The molecule has 0 radical (unpaired) electrons. The largest absolute Gasteiger partial charge is 0.450 e. The minimum Gasteiger partial charge on any atom is -0.450 e. The van der Waals surface area contributed by atoms with E-state index in [1.165, 1.54) is 19.3 Å². The number of carbonyl (C=O) groups excluding carboxylic acids is 2. The van der Waals surface area contributed by atoms with Crippen LogP contribution in [0.5, 0.6) is 0 Å². The van der Waals surface area contributed by atoms with E-state index in [1.54, 1.807) is 11.8 Å². The van der Waals surface area contributed by atoms with Crippen molar-refractivity contribution in [2.75, 3.05) is 52.4 Å². The Morgan fingerprint density at radius 1 is 0.900 bits per heavy atom. The van der Waals surface area contributed by atoms with Gasteiger partial charge in [-0.1, -0.05) is 6.42 Å². The van der Waals surface area contributed by atoms with Crippen molar-refractivity contribution in [1.82, 2.24) is 14.7 Å². The molecule has 2 saturated heterocycles. The molecule has 6 nitrogen and oxygen atoms in total. The first-order valence-corrected chi connectivity index (χ1v) is 7.62. The highest BCUT2D eigenvalue weighted by atomic mass is 16.6. The second-order valence-electron chi connectivity index (χ2n) is 5.40. The van der Waals surface area contributed by atoms with Crippen LogP contribution >= 0.6 is 0 Å². The first-order chi connectivity index (χ1) is 9.70. The summed E-state index contributed by atoms with van der Waals surface area (Å²) in [6.07, 6.45) is 3.41. The van der Waals surface area contributed by atoms with E-state index in [2.05, 4.69) is 4.90 Å². The summed E-state index contributed by atoms with van der Waals surface area (Å²) in [4.78, 5) is 29.6. The summed E-state index contributed by atoms with van der Waals surface area (Å²) in [6.45, 7) is 7.18. The molecule has 0 saturated carbocycles. The molecule has 0 aromatic rings. The number of piperidine rings is 1. The number of amides is 2. The van der Waals surface area contributed by atoms with Crippen LogP contribution < -0.4 is 0 Å². The van der Waals surface area contributed by atoms with E-state index in [4.69, 9.17) is 4.74 Å². The van der Waals surface area contributed by atoms with Crippen LogP contribution in [0.2, 0.25) is 0 Å². The number of hydrogen-bond donors (Lipinski definition) is 0. The Bertz CT molecular complexity index is 335. The van der Waals surface area contributed by atoms with Crippen LogP contribution in [0.3, 0.4) is 0 Å². The van der Waals surface area contributed by atoms with Crippen molar-refractivity contribution in [3.8, 4) is 0 Å². The molecule has 2 rings (SSSR count). The maximum Gasteiger partial charge on any atom is 0.409 e. The molecule has 114 valence electrons. The Morgan fingerprint density at radius 3 is 2.10 bits per heavy atom. The van der Waals surface area contributed by atoms with Crippen molar-refractivity contribution in [2.45, 2.75) is 26.2 Å². The molecule has 2 amide bonds. The minimum atomic E-state index is -0.268. The molecule has 2 heterocycles. The monoisotopic (exact) mass is 283 g/mol. The highest BCUT2D eigenvalue weighted by Gasteiger charge is 2.25. The van der Waals surface area contributed by atoms with Crippen LogP contribution in [0.25, 0.3) is 0 Å². The molecule has 0 aromatic carbocycles. The van der Waals surface area contributed by atoms with Gasteiger partial charge in [0.2, 0.25) is 5.91 Å². The molecule has 0 unspecified atom stereocenters. The summed E-state index contributed by atoms with van der Waals surface area (Å²) in [7, 11) is 0. The zero-order chi connectivity index (χ0) is 14.4. The summed E-state index contributed by atoms with van der Waals surface area (Å²) in [6, 6.07) is 0. The average Bonchev–Trinajstić information content (AvgIpc) is 2.48. The quantitative estimate of drug-likeness (QED) is 0.768. The van der Waals surface area contributed by atoms with Crippen molar-refractivity contribution < 1.29 is 14.3 Å². The van der Waals surface area contributed by atoms with E-state index in [-0.39, 0.29) is 12.0 Å².